The molecule has 0 radical (unpaired) electrons. The summed E-state index contributed by atoms with van der Waals surface area (Å²) in [6, 6.07) is 18.0. The molecule has 3 unspecified atom stereocenters. The Balaban J connectivity index is 1.26. The number of nitrogens with one attached hydrogen (secondary N) is 2. The highest BCUT2D eigenvalue weighted by atomic mass is 16.5. The Labute approximate surface area is 165 Å². The maximum absolute atomic E-state index is 8.95. The van der Waals surface area contributed by atoms with Gasteiger partial charge in [0.2, 0.25) is 0 Å². The Kier molecular flexibility index (Phi) is 4.71. The van der Waals surface area contributed by atoms with Gasteiger partial charge < -0.3 is 20.1 Å². The molecule has 1 saturated heterocycles. The number of rotatable bonds is 7. The van der Waals surface area contributed by atoms with Crippen LogP contribution in [-0.4, -0.2) is 46.8 Å². The number of fused-ring (bicyclic) bond motifs is 3. The Morgan fingerprint density at radius 3 is 3.00 bits per heavy atom. The van der Waals surface area contributed by atoms with Crippen molar-refractivity contribution in [2.24, 2.45) is 5.92 Å². The van der Waals surface area contributed by atoms with E-state index in [-0.39, 0.29) is 6.61 Å². The summed E-state index contributed by atoms with van der Waals surface area (Å²) in [7, 11) is 0. The topological polar surface area (TPSA) is 60.5 Å². The average molecular weight is 377 g/mol. The monoisotopic (exact) mass is 377 g/mol. The lowest BCUT2D eigenvalue weighted by Gasteiger charge is -2.34. The van der Waals surface area contributed by atoms with E-state index in [9.17, 15) is 0 Å². The zero-order valence-electron chi connectivity index (χ0n) is 16.0. The third-order valence-electron chi connectivity index (χ3n) is 6.14. The second kappa shape index (κ2) is 7.49. The molecule has 5 heteroatoms. The van der Waals surface area contributed by atoms with Gasteiger partial charge in [-0.15, -0.1) is 0 Å². The van der Waals surface area contributed by atoms with E-state index >= 15 is 0 Å². The predicted octanol–water partition coefficient (Wildman–Crippen LogP) is 3.61. The summed E-state index contributed by atoms with van der Waals surface area (Å²) in [5.74, 6) is 1.62. The lowest BCUT2D eigenvalue weighted by atomic mass is 10.0. The minimum Gasteiger partial charge on any atom is -0.491 e. The summed E-state index contributed by atoms with van der Waals surface area (Å²) in [4.78, 5) is 5.88. The molecule has 1 aliphatic carbocycles. The third kappa shape index (κ3) is 3.48. The highest BCUT2D eigenvalue weighted by Crippen LogP contribution is 2.40. The fourth-order valence-corrected chi connectivity index (χ4v) is 4.96. The Bertz CT molecular complexity index is 954. The van der Waals surface area contributed by atoms with Crippen LogP contribution in [0.4, 0.5) is 5.69 Å². The largest absolute Gasteiger partial charge is 0.491 e. The number of aromatic amines is 1. The minimum atomic E-state index is 0.0437. The van der Waals surface area contributed by atoms with Gasteiger partial charge in [0.05, 0.1) is 6.61 Å². The molecule has 0 spiro atoms. The van der Waals surface area contributed by atoms with Gasteiger partial charge in [-0.25, -0.2) is 0 Å². The predicted molar refractivity (Wildman–Crippen MR) is 112 cm³/mol. The molecule has 1 aromatic heterocycles. The fourth-order valence-electron chi connectivity index (χ4n) is 4.96. The molecule has 5 nitrogen and oxygen atoms in total. The van der Waals surface area contributed by atoms with Gasteiger partial charge >= 0.3 is 0 Å². The minimum absolute atomic E-state index is 0.0437. The van der Waals surface area contributed by atoms with Crippen LogP contribution in [0.1, 0.15) is 18.4 Å². The molecule has 5 rings (SSSR count). The van der Waals surface area contributed by atoms with Gasteiger partial charge in [0.25, 0.3) is 0 Å². The van der Waals surface area contributed by atoms with Crippen LogP contribution in [0.5, 0.6) is 5.75 Å². The number of hydrogen-bond acceptors (Lipinski definition) is 4. The van der Waals surface area contributed by atoms with Crippen molar-refractivity contribution in [2.45, 2.75) is 31.5 Å². The Hall–Kier alpha value is -2.50. The quantitative estimate of drug-likeness (QED) is 0.589. The molecule has 1 aliphatic heterocycles. The molecule has 146 valence electrons. The summed E-state index contributed by atoms with van der Waals surface area (Å²) >= 11 is 0. The lowest BCUT2D eigenvalue weighted by molar-refractivity contribution is 0.191. The number of aromatic nitrogens is 1. The number of ether oxygens (including phenoxy) is 1. The van der Waals surface area contributed by atoms with Gasteiger partial charge in [-0.3, -0.25) is 4.90 Å². The standard InChI is InChI=1S/C23H27N3O2/c27-8-9-28-20-3-1-2-16(10-20)14-26-15-17-11-22(23(26)12-17)25-19-4-5-21-18(13-19)6-7-24-21/h1-7,10,13,17,22-25,27H,8-9,11-12,14-15H2. The number of anilines is 1. The molecule has 3 atom stereocenters. The Morgan fingerprint density at radius 1 is 1.14 bits per heavy atom. The van der Waals surface area contributed by atoms with Crippen LogP contribution in [0, 0.1) is 5.92 Å². The molecule has 3 aromatic rings. The van der Waals surface area contributed by atoms with Crippen molar-refractivity contribution in [3.8, 4) is 5.75 Å². The van der Waals surface area contributed by atoms with E-state index in [0.717, 1.165) is 18.2 Å². The second-order valence-electron chi connectivity index (χ2n) is 8.08. The number of aliphatic hydroxyl groups excluding tert-OH is 1. The van der Waals surface area contributed by atoms with Crippen LogP contribution in [0.3, 0.4) is 0 Å². The first-order chi connectivity index (χ1) is 13.8. The van der Waals surface area contributed by atoms with E-state index in [1.54, 1.807) is 0 Å². The number of hydrogen-bond donors (Lipinski definition) is 3. The molecule has 2 aliphatic rings. The van der Waals surface area contributed by atoms with Crippen molar-refractivity contribution >= 4 is 16.6 Å². The average Bonchev–Trinajstić information content (AvgIpc) is 3.42. The van der Waals surface area contributed by atoms with Crippen LogP contribution >= 0.6 is 0 Å². The van der Waals surface area contributed by atoms with Crippen molar-refractivity contribution in [1.29, 1.82) is 0 Å². The molecule has 2 heterocycles. The van der Waals surface area contributed by atoms with E-state index in [2.05, 4.69) is 51.6 Å². The molecule has 2 fully saturated rings. The molecule has 28 heavy (non-hydrogen) atoms. The maximum Gasteiger partial charge on any atom is 0.119 e. The summed E-state index contributed by atoms with van der Waals surface area (Å²) < 4.78 is 5.57. The van der Waals surface area contributed by atoms with Gasteiger partial charge in [0.1, 0.15) is 12.4 Å². The van der Waals surface area contributed by atoms with Crippen molar-refractivity contribution in [1.82, 2.24) is 9.88 Å². The number of benzene rings is 2. The summed E-state index contributed by atoms with van der Waals surface area (Å²) in [5.41, 5.74) is 3.67. The van der Waals surface area contributed by atoms with E-state index < -0.39 is 0 Å². The first-order valence-corrected chi connectivity index (χ1v) is 10.2. The zero-order valence-corrected chi connectivity index (χ0v) is 16.0. The lowest BCUT2D eigenvalue weighted by Crippen LogP contribution is -2.44. The van der Waals surface area contributed by atoms with E-state index in [1.165, 1.54) is 41.5 Å². The highest BCUT2D eigenvalue weighted by molar-refractivity contribution is 5.83. The van der Waals surface area contributed by atoms with Crippen LogP contribution in [0.25, 0.3) is 10.9 Å². The van der Waals surface area contributed by atoms with Crippen LogP contribution in [-0.2, 0) is 6.54 Å². The number of likely N-dealkylation sites (tertiary alicyclic amines) is 1. The van der Waals surface area contributed by atoms with Crippen molar-refractivity contribution in [3.05, 3.63) is 60.3 Å². The van der Waals surface area contributed by atoms with Crippen LogP contribution in [0.15, 0.2) is 54.7 Å². The van der Waals surface area contributed by atoms with Crippen molar-refractivity contribution in [3.63, 3.8) is 0 Å². The van der Waals surface area contributed by atoms with E-state index in [0.29, 0.717) is 18.7 Å². The van der Waals surface area contributed by atoms with Gasteiger partial charge in [0, 0.05) is 48.0 Å². The molecule has 1 saturated carbocycles. The van der Waals surface area contributed by atoms with Crippen molar-refractivity contribution in [2.75, 3.05) is 25.1 Å². The smallest absolute Gasteiger partial charge is 0.119 e. The first kappa shape index (κ1) is 17.6. The zero-order chi connectivity index (χ0) is 18.9. The van der Waals surface area contributed by atoms with Crippen LogP contribution < -0.4 is 10.1 Å². The molecule has 2 bridgehead atoms. The number of nitrogens with zero attached hydrogens (tertiary/aromatic N) is 1. The van der Waals surface area contributed by atoms with Crippen molar-refractivity contribution < 1.29 is 9.84 Å². The normalized spacial score (nSPS) is 24.1. The number of piperidine rings is 1. The van der Waals surface area contributed by atoms with Gasteiger partial charge in [-0.1, -0.05) is 12.1 Å². The first-order valence-electron chi connectivity index (χ1n) is 10.2. The van der Waals surface area contributed by atoms with E-state index in [1.807, 2.05) is 18.3 Å². The molecular formula is C23H27N3O2. The summed E-state index contributed by atoms with van der Waals surface area (Å²) in [6.07, 6.45) is 4.53. The fraction of sp³-hybridized carbons (Fsp3) is 0.391. The number of aliphatic hydroxyl groups is 1. The molecular weight excluding hydrogens is 350 g/mol. The summed E-state index contributed by atoms with van der Waals surface area (Å²) in [6.45, 7) is 2.52. The van der Waals surface area contributed by atoms with Gasteiger partial charge in [-0.05, 0) is 60.7 Å². The summed E-state index contributed by atoms with van der Waals surface area (Å²) in [5, 5.41) is 14.0. The number of H-pyrrole nitrogens is 1. The van der Waals surface area contributed by atoms with Gasteiger partial charge in [-0.2, -0.15) is 0 Å². The third-order valence-corrected chi connectivity index (χ3v) is 6.14. The Morgan fingerprint density at radius 2 is 2.11 bits per heavy atom. The molecule has 0 amide bonds. The SMILES string of the molecule is OCCOc1cccc(CN2CC3CC(Nc4ccc5[nH]ccc5c4)C2C3)c1. The van der Waals surface area contributed by atoms with Gasteiger partial charge in [0.15, 0.2) is 0 Å². The van der Waals surface area contributed by atoms with E-state index in [4.69, 9.17) is 9.84 Å². The van der Waals surface area contributed by atoms with Crippen LogP contribution in [0.2, 0.25) is 0 Å². The molecule has 2 aromatic carbocycles. The highest BCUT2D eigenvalue weighted by Gasteiger charge is 2.44. The maximum atomic E-state index is 8.95. The second-order valence-corrected chi connectivity index (χ2v) is 8.08. The molecule has 3 N–H and O–H groups in total.